The first-order valence-corrected chi connectivity index (χ1v) is 6.89. The normalized spacial score (nSPS) is 17.6. The van der Waals surface area contributed by atoms with E-state index in [2.05, 4.69) is 5.32 Å². The number of carbonyl (C=O) groups is 1. The summed E-state index contributed by atoms with van der Waals surface area (Å²) in [5, 5.41) is 3.36. The second kappa shape index (κ2) is 6.83. The van der Waals surface area contributed by atoms with Gasteiger partial charge in [-0.1, -0.05) is 30.3 Å². The lowest BCUT2D eigenvalue weighted by Crippen LogP contribution is -2.56. The van der Waals surface area contributed by atoms with E-state index in [1.165, 1.54) is 0 Å². The Morgan fingerprint density at radius 2 is 2.05 bits per heavy atom. The van der Waals surface area contributed by atoms with Crippen LogP contribution in [0.4, 0.5) is 0 Å². The summed E-state index contributed by atoms with van der Waals surface area (Å²) in [5.74, 6) is -0.409. The van der Waals surface area contributed by atoms with Crippen molar-refractivity contribution in [2.75, 3.05) is 26.9 Å². The van der Waals surface area contributed by atoms with E-state index < -0.39 is 11.4 Å². The van der Waals surface area contributed by atoms with Gasteiger partial charge in [-0.15, -0.1) is 0 Å². The minimum Gasteiger partial charge on any atom is -0.382 e. The van der Waals surface area contributed by atoms with E-state index >= 15 is 0 Å². The first kappa shape index (κ1) is 15.0. The fourth-order valence-electron chi connectivity index (χ4n) is 2.16. The van der Waals surface area contributed by atoms with E-state index in [9.17, 15) is 4.79 Å². The number of carbonyl (C=O) groups excluding carboxylic acids is 1. The molecule has 0 aliphatic heterocycles. The molecule has 2 rings (SSSR count). The fraction of sp³-hybridized carbons (Fsp3) is 0.533. The molecule has 1 aliphatic carbocycles. The number of hydrogen-bond acceptors (Lipinski definition) is 4. The largest absolute Gasteiger partial charge is 0.382 e. The van der Waals surface area contributed by atoms with Gasteiger partial charge < -0.3 is 15.2 Å². The first-order chi connectivity index (χ1) is 9.69. The van der Waals surface area contributed by atoms with Gasteiger partial charge in [-0.25, -0.2) is 0 Å². The third-order valence-corrected chi connectivity index (χ3v) is 3.47. The van der Waals surface area contributed by atoms with Crippen molar-refractivity contribution in [3.05, 3.63) is 35.9 Å². The van der Waals surface area contributed by atoms with E-state index in [-0.39, 0.29) is 6.61 Å². The number of methoxy groups -OCH3 is 1. The molecule has 1 atom stereocenters. The molecule has 1 aliphatic rings. The van der Waals surface area contributed by atoms with E-state index in [1.54, 1.807) is 7.11 Å². The highest BCUT2D eigenvalue weighted by atomic mass is 16.5. The minimum atomic E-state index is -0.962. The summed E-state index contributed by atoms with van der Waals surface area (Å²) in [4.78, 5) is 12.1. The van der Waals surface area contributed by atoms with Crippen molar-refractivity contribution in [1.82, 2.24) is 5.32 Å². The predicted molar refractivity (Wildman–Crippen MR) is 76.2 cm³/mol. The number of amides is 1. The van der Waals surface area contributed by atoms with E-state index in [0.717, 1.165) is 18.4 Å². The molecule has 5 heteroatoms. The Morgan fingerprint density at radius 3 is 2.60 bits per heavy atom. The topological polar surface area (TPSA) is 73.6 Å². The fourth-order valence-corrected chi connectivity index (χ4v) is 2.16. The van der Waals surface area contributed by atoms with Gasteiger partial charge in [-0.05, 0) is 18.4 Å². The van der Waals surface area contributed by atoms with Crippen LogP contribution in [0.2, 0.25) is 0 Å². The van der Waals surface area contributed by atoms with Crippen molar-refractivity contribution in [1.29, 1.82) is 0 Å². The molecule has 1 unspecified atom stereocenters. The highest BCUT2D eigenvalue weighted by Crippen LogP contribution is 2.29. The van der Waals surface area contributed by atoms with Crippen molar-refractivity contribution < 1.29 is 14.3 Å². The zero-order valence-corrected chi connectivity index (χ0v) is 11.8. The molecular weight excluding hydrogens is 256 g/mol. The lowest BCUT2D eigenvalue weighted by atomic mass is 9.89. The number of ether oxygens (including phenoxy) is 2. The van der Waals surface area contributed by atoms with E-state index in [1.807, 2.05) is 30.3 Å². The SMILES string of the molecule is COCCOCC(NC1CC1)(C(N)=O)c1ccccc1. The van der Waals surface area contributed by atoms with Crippen LogP contribution in [0.15, 0.2) is 30.3 Å². The van der Waals surface area contributed by atoms with Crippen LogP contribution < -0.4 is 11.1 Å². The molecule has 1 fully saturated rings. The second-order valence-corrected chi connectivity index (χ2v) is 5.10. The summed E-state index contributed by atoms with van der Waals surface area (Å²) in [5.41, 5.74) is 5.56. The third-order valence-electron chi connectivity index (χ3n) is 3.47. The lowest BCUT2D eigenvalue weighted by Gasteiger charge is -2.32. The maximum absolute atomic E-state index is 12.1. The molecule has 1 aromatic rings. The highest BCUT2D eigenvalue weighted by molar-refractivity contribution is 5.86. The van der Waals surface area contributed by atoms with Gasteiger partial charge in [0.25, 0.3) is 0 Å². The Kier molecular flexibility index (Phi) is 5.11. The van der Waals surface area contributed by atoms with Crippen LogP contribution in [-0.4, -0.2) is 38.9 Å². The Labute approximate surface area is 119 Å². The Morgan fingerprint density at radius 1 is 1.35 bits per heavy atom. The Hall–Kier alpha value is -1.43. The summed E-state index contributed by atoms with van der Waals surface area (Å²) in [6.45, 7) is 1.14. The van der Waals surface area contributed by atoms with Crippen LogP contribution in [0.1, 0.15) is 18.4 Å². The first-order valence-electron chi connectivity index (χ1n) is 6.89. The van der Waals surface area contributed by atoms with Crippen LogP contribution in [0.25, 0.3) is 0 Å². The van der Waals surface area contributed by atoms with Crippen LogP contribution in [-0.2, 0) is 19.8 Å². The van der Waals surface area contributed by atoms with Crippen LogP contribution in [0, 0.1) is 0 Å². The zero-order chi connectivity index (χ0) is 14.4. The van der Waals surface area contributed by atoms with Crippen LogP contribution >= 0.6 is 0 Å². The van der Waals surface area contributed by atoms with Crippen LogP contribution in [0.5, 0.6) is 0 Å². The van der Waals surface area contributed by atoms with Gasteiger partial charge in [0.05, 0.1) is 19.8 Å². The number of primary amides is 1. The predicted octanol–water partition coefficient (Wildman–Crippen LogP) is 0.782. The molecule has 1 amide bonds. The molecule has 1 aromatic carbocycles. The minimum absolute atomic E-state index is 0.214. The maximum Gasteiger partial charge on any atom is 0.244 e. The summed E-state index contributed by atoms with van der Waals surface area (Å²) in [6.07, 6.45) is 2.14. The van der Waals surface area contributed by atoms with Gasteiger partial charge >= 0.3 is 0 Å². The number of rotatable bonds is 9. The van der Waals surface area contributed by atoms with Crippen LogP contribution in [0.3, 0.4) is 0 Å². The molecular formula is C15H22N2O3. The van der Waals surface area contributed by atoms with Gasteiger partial charge in [-0.2, -0.15) is 0 Å². The molecule has 0 aromatic heterocycles. The zero-order valence-electron chi connectivity index (χ0n) is 11.8. The van der Waals surface area contributed by atoms with Crippen molar-refractivity contribution >= 4 is 5.91 Å². The molecule has 3 N–H and O–H groups in total. The molecule has 0 bridgehead atoms. The molecule has 0 heterocycles. The van der Waals surface area contributed by atoms with Gasteiger partial charge in [0.2, 0.25) is 5.91 Å². The standard InChI is InChI=1S/C15H22N2O3/c1-19-9-10-20-11-15(14(16)18,17-13-7-8-13)12-5-3-2-4-6-12/h2-6,13,17H,7-11H2,1H3,(H2,16,18). The smallest absolute Gasteiger partial charge is 0.244 e. The van der Waals surface area contributed by atoms with Gasteiger partial charge in [-0.3, -0.25) is 10.1 Å². The average Bonchev–Trinajstić information content (AvgIpc) is 3.27. The quantitative estimate of drug-likeness (QED) is 0.655. The third kappa shape index (κ3) is 3.56. The Bertz CT molecular complexity index is 434. The summed E-state index contributed by atoms with van der Waals surface area (Å²) in [6, 6.07) is 9.86. The van der Waals surface area contributed by atoms with Gasteiger partial charge in [0.15, 0.2) is 0 Å². The average molecular weight is 278 g/mol. The summed E-state index contributed by atoms with van der Waals surface area (Å²) < 4.78 is 10.6. The molecule has 0 spiro atoms. The van der Waals surface area contributed by atoms with Crippen molar-refractivity contribution in [2.24, 2.45) is 5.73 Å². The number of nitrogens with one attached hydrogen (secondary N) is 1. The highest BCUT2D eigenvalue weighted by Gasteiger charge is 2.43. The molecule has 5 nitrogen and oxygen atoms in total. The molecule has 0 saturated heterocycles. The van der Waals surface area contributed by atoms with E-state index in [0.29, 0.717) is 19.3 Å². The van der Waals surface area contributed by atoms with Crippen molar-refractivity contribution in [3.63, 3.8) is 0 Å². The molecule has 1 saturated carbocycles. The number of benzene rings is 1. The van der Waals surface area contributed by atoms with Gasteiger partial charge in [0, 0.05) is 13.2 Å². The summed E-state index contributed by atoms with van der Waals surface area (Å²) >= 11 is 0. The lowest BCUT2D eigenvalue weighted by molar-refractivity contribution is -0.128. The van der Waals surface area contributed by atoms with Crippen molar-refractivity contribution in [3.8, 4) is 0 Å². The number of hydrogen-bond donors (Lipinski definition) is 2. The van der Waals surface area contributed by atoms with Crippen molar-refractivity contribution in [2.45, 2.75) is 24.4 Å². The van der Waals surface area contributed by atoms with E-state index in [4.69, 9.17) is 15.2 Å². The second-order valence-electron chi connectivity index (χ2n) is 5.10. The van der Waals surface area contributed by atoms with Gasteiger partial charge in [0.1, 0.15) is 5.54 Å². The monoisotopic (exact) mass is 278 g/mol. The Balaban J connectivity index is 2.17. The summed E-state index contributed by atoms with van der Waals surface area (Å²) in [7, 11) is 1.62. The maximum atomic E-state index is 12.1. The molecule has 0 radical (unpaired) electrons. The molecule has 110 valence electrons. The number of nitrogens with two attached hydrogens (primary N) is 1. The molecule has 20 heavy (non-hydrogen) atoms.